The molecule has 0 bridgehead atoms. The first-order chi connectivity index (χ1) is 13.1. The van der Waals surface area contributed by atoms with Crippen LogP contribution in [0.4, 0.5) is 11.8 Å². The number of amides is 1. The third-order valence-corrected chi connectivity index (χ3v) is 4.51. The van der Waals surface area contributed by atoms with Crippen molar-refractivity contribution in [2.24, 2.45) is 0 Å². The van der Waals surface area contributed by atoms with Gasteiger partial charge in [0.1, 0.15) is 5.82 Å². The molecule has 2 aromatic rings. The first-order valence-electron chi connectivity index (χ1n) is 8.87. The van der Waals surface area contributed by atoms with Crippen LogP contribution in [0.3, 0.4) is 0 Å². The zero-order chi connectivity index (χ0) is 19.2. The normalized spacial score (nSPS) is 14.0. The van der Waals surface area contributed by atoms with E-state index in [2.05, 4.69) is 20.2 Å². The maximum Gasteiger partial charge on any atom is 0.227 e. The largest absolute Gasteiger partial charge is 0.493 e. The summed E-state index contributed by atoms with van der Waals surface area (Å²) in [5.74, 6) is 2.86. The van der Waals surface area contributed by atoms with Gasteiger partial charge in [-0.1, -0.05) is 6.07 Å². The van der Waals surface area contributed by atoms with Gasteiger partial charge >= 0.3 is 0 Å². The molecule has 8 heteroatoms. The zero-order valence-electron chi connectivity index (χ0n) is 15.9. The monoisotopic (exact) mass is 371 g/mol. The number of anilines is 2. The highest BCUT2D eigenvalue weighted by atomic mass is 16.5. The first kappa shape index (κ1) is 18.8. The Hall–Kier alpha value is -3.03. The van der Waals surface area contributed by atoms with E-state index in [0.717, 1.165) is 36.6 Å². The van der Waals surface area contributed by atoms with Gasteiger partial charge in [0.25, 0.3) is 0 Å². The van der Waals surface area contributed by atoms with Crippen LogP contribution in [-0.2, 0) is 11.3 Å². The van der Waals surface area contributed by atoms with Crippen molar-refractivity contribution in [3.63, 3.8) is 0 Å². The molecule has 0 radical (unpaired) electrons. The molecule has 1 N–H and O–H groups in total. The Balaban J connectivity index is 1.69. The van der Waals surface area contributed by atoms with Crippen LogP contribution in [-0.4, -0.2) is 61.7 Å². The van der Waals surface area contributed by atoms with E-state index < -0.39 is 0 Å². The summed E-state index contributed by atoms with van der Waals surface area (Å²) >= 11 is 0. The highest BCUT2D eigenvalue weighted by molar-refractivity contribution is 5.50. The number of hydrogen-bond donors (Lipinski definition) is 1. The SMILES string of the molecule is COc1ccc(CNc2cc(C)nc(N3CCN(C=O)CC3)n2)cc1OC. The maximum absolute atomic E-state index is 10.9. The Kier molecular flexibility index (Phi) is 5.95. The molecule has 0 unspecified atom stereocenters. The molecule has 1 aromatic heterocycles. The van der Waals surface area contributed by atoms with Gasteiger partial charge in [0.15, 0.2) is 11.5 Å². The lowest BCUT2D eigenvalue weighted by Gasteiger charge is -2.32. The second-order valence-corrected chi connectivity index (χ2v) is 6.37. The van der Waals surface area contributed by atoms with Crippen molar-refractivity contribution in [2.45, 2.75) is 13.5 Å². The second kappa shape index (κ2) is 8.57. The van der Waals surface area contributed by atoms with Crippen LogP contribution in [0.1, 0.15) is 11.3 Å². The molecule has 1 aliphatic rings. The second-order valence-electron chi connectivity index (χ2n) is 6.37. The summed E-state index contributed by atoms with van der Waals surface area (Å²) < 4.78 is 10.6. The number of nitrogens with one attached hydrogen (secondary N) is 1. The summed E-state index contributed by atoms with van der Waals surface area (Å²) in [4.78, 5) is 23.9. The summed E-state index contributed by atoms with van der Waals surface area (Å²) in [5.41, 5.74) is 1.96. The number of piperazine rings is 1. The van der Waals surface area contributed by atoms with E-state index in [4.69, 9.17) is 9.47 Å². The smallest absolute Gasteiger partial charge is 0.227 e. The topological polar surface area (TPSA) is 79.8 Å². The predicted molar refractivity (Wildman–Crippen MR) is 103 cm³/mol. The number of hydrogen-bond acceptors (Lipinski definition) is 7. The van der Waals surface area contributed by atoms with Gasteiger partial charge in [-0.25, -0.2) is 4.98 Å². The zero-order valence-corrected chi connectivity index (χ0v) is 15.9. The standard InChI is InChI=1S/C19H25N5O3/c1-14-10-18(20-12-15-4-5-16(26-2)17(11-15)27-3)22-19(21-14)24-8-6-23(13-25)7-9-24/h4-5,10-11,13H,6-9,12H2,1-3H3,(H,20,21,22). The van der Waals surface area contributed by atoms with Gasteiger partial charge in [-0.15, -0.1) is 0 Å². The van der Waals surface area contributed by atoms with Crippen LogP contribution in [0.2, 0.25) is 0 Å². The molecule has 1 amide bonds. The molecule has 1 saturated heterocycles. The van der Waals surface area contributed by atoms with Crippen LogP contribution >= 0.6 is 0 Å². The van der Waals surface area contributed by atoms with Crippen LogP contribution in [0.25, 0.3) is 0 Å². The van der Waals surface area contributed by atoms with Crippen molar-refractivity contribution >= 4 is 18.2 Å². The number of aromatic nitrogens is 2. The number of carbonyl (C=O) groups is 1. The lowest BCUT2D eigenvalue weighted by Crippen LogP contribution is -2.46. The summed E-state index contributed by atoms with van der Waals surface area (Å²) in [6.07, 6.45) is 0.893. The molecule has 0 saturated carbocycles. The number of aryl methyl sites for hydroxylation is 1. The average molecular weight is 371 g/mol. The van der Waals surface area contributed by atoms with Gasteiger partial charge in [0.05, 0.1) is 14.2 Å². The molecule has 0 aliphatic carbocycles. The van der Waals surface area contributed by atoms with E-state index in [0.29, 0.717) is 37.1 Å². The molecule has 27 heavy (non-hydrogen) atoms. The van der Waals surface area contributed by atoms with Crippen molar-refractivity contribution in [3.05, 3.63) is 35.5 Å². The molecule has 0 atom stereocenters. The summed E-state index contributed by atoms with van der Waals surface area (Å²) in [7, 11) is 3.25. The Bertz CT molecular complexity index is 791. The molecule has 1 aliphatic heterocycles. The van der Waals surface area contributed by atoms with E-state index in [-0.39, 0.29) is 0 Å². The fourth-order valence-electron chi connectivity index (χ4n) is 3.00. The Morgan fingerprint density at radius 1 is 1.07 bits per heavy atom. The van der Waals surface area contributed by atoms with Gasteiger partial charge in [-0.2, -0.15) is 4.98 Å². The molecule has 3 rings (SSSR count). The van der Waals surface area contributed by atoms with Crippen LogP contribution in [0, 0.1) is 6.92 Å². The molecule has 1 fully saturated rings. The van der Waals surface area contributed by atoms with Crippen LogP contribution in [0.15, 0.2) is 24.3 Å². The first-order valence-corrected chi connectivity index (χ1v) is 8.87. The van der Waals surface area contributed by atoms with Crippen molar-refractivity contribution in [1.82, 2.24) is 14.9 Å². The molecule has 1 aromatic carbocycles. The minimum atomic E-state index is 0.606. The molecule has 8 nitrogen and oxygen atoms in total. The number of ether oxygens (including phenoxy) is 2. The predicted octanol–water partition coefficient (Wildman–Crippen LogP) is 1.69. The molecule has 144 valence electrons. The fourth-order valence-corrected chi connectivity index (χ4v) is 3.00. The minimum Gasteiger partial charge on any atom is -0.493 e. The number of rotatable bonds is 7. The van der Waals surface area contributed by atoms with Crippen LogP contribution in [0.5, 0.6) is 11.5 Å². The summed E-state index contributed by atoms with van der Waals surface area (Å²) in [6.45, 7) is 5.41. The van der Waals surface area contributed by atoms with E-state index in [9.17, 15) is 4.79 Å². The molecule has 2 heterocycles. The number of methoxy groups -OCH3 is 2. The highest BCUT2D eigenvalue weighted by Crippen LogP contribution is 2.27. The number of benzene rings is 1. The Morgan fingerprint density at radius 2 is 1.81 bits per heavy atom. The van der Waals surface area contributed by atoms with Crippen molar-refractivity contribution in [2.75, 3.05) is 50.6 Å². The molecule has 0 spiro atoms. The lowest BCUT2D eigenvalue weighted by atomic mass is 10.2. The molecular formula is C19H25N5O3. The van der Waals surface area contributed by atoms with Gasteiger partial charge in [0, 0.05) is 44.5 Å². The third-order valence-electron chi connectivity index (χ3n) is 4.51. The van der Waals surface area contributed by atoms with Gasteiger partial charge < -0.3 is 24.6 Å². The minimum absolute atomic E-state index is 0.606. The van der Waals surface area contributed by atoms with E-state index >= 15 is 0 Å². The fraction of sp³-hybridized carbons (Fsp3) is 0.421. The quantitative estimate of drug-likeness (QED) is 0.742. The lowest BCUT2D eigenvalue weighted by molar-refractivity contribution is -0.118. The van der Waals surface area contributed by atoms with Crippen molar-refractivity contribution in [1.29, 1.82) is 0 Å². The number of carbonyl (C=O) groups excluding carboxylic acids is 1. The maximum atomic E-state index is 10.9. The van der Waals surface area contributed by atoms with E-state index in [1.54, 1.807) is 19.1 Å². The van der Waals surface area contributed by atoms with Crippen molar-refractivity contribution in [3.8, 4) is 11.5 Å². The average Bonchev–Trinajstić information content (AvgIpc) is 2.71. The van der Waals surface area contributed by atoms with Gasteiger partial charge in [-0.05, 0) is 24.6 Å². The Labute approximate surface area is 159 Å². The summed E-state index contributed by atoms with van der Waals surface area (Å²) in [5, 5.41) is 3.35. The highest BCUT2D eigenvalue weighted by Gasteiger charge is 2.18. The van der Waals surface area contributed by atoms with Crippen molar-refractivity contribution < 1.29 is 14.3 Å². The summed E-state index contributed by atoms with van der Waals surface area (Å²) in [6, 6.07) is 7.74. The molecular weight excluding hydrogens is 346 g/mol. The van der Waals surface area contributed by atoms with Gasteiger partial charge in [-0.3, -0.25) is 4.79 Å². The van der Waals surface area contributed by atoms with Crippen LogP contribution < -0.4 is 19.7 Å². The Morgan fingerprint density at radius 3 is 2.48 bits per heavy atom. The van der Waals surface area contributed by atoms with E-state index in [1.807, 2.05) is 31.2 Å². The van der Waals surface area contributed by atoms with Gasteiger partial charge in [0.2, 0.25) is 12.4 Å². The number of nitrogens with zero attached hydrogens (tertiary/aromatic N) is 4. The third kappa shape index (κ3) is 4.58. The van der Waals surface area contributed by atoms with E-state index in [1.165, 1.54) is 0 Å².